The normalized spacial score (nSPS) is 16.0. The molecule has 0 saturated heterocycles. The van der Waals surface area contributed by atoms with E-state index in [9.17, 15) is 18.0 Å². The number of carbonyl (C=O) groups is 1. The SMILES string of the molecule is CC1(C)CNC(=O)c2ccc(-c3c[nH]c4nc(NCC(F)(F)F)ncc34)cc21. The van der Waals surface area contributed by atoms with Crippen LogP contribution >= 0.6 is 0 Å². The smallest absolute Gasteiger partial charge is 0.351 e. The Morgan fingerprint density at radius 3 is 2.79 bits per heavy atom. The summed E-state index contributed by atoms with van der Waals surface area (Å²) in [5.41, 5.74) is 3.53. The molecule has 1 aromatic carbocycles. The molecule has 3 aromatic rings. The van der Waals surface area contributed by atoms with E-state index in [0.29, 0.717) is 23.1 Å². The molecule has 0 aliphatic carbocycles. The summed E-state index contributed by atoms with van der Waals surface area (Å²) in [5.74, 6) is -0.190. The summed E-state index contributed by atoms with van der Waals surface area (Å²) in [6.07, 6.45) is -1.11. The molecule has 1 aliphatic heterocycles. The molecule has 3 heterocycles. The van der Waals surface area contributed by atoms with Gasteiger partial charge >= 0.3 is 6.18 Å². The predicted molar refractivity (Wildman–Crippen MR) is 99.2 cm³/mol. The molecule has 0 fully saturated rings. The number of hydrogen-bond acceptors (Lipinski definition) is 4. The van der Waals surface area contributed by atoms with Crippen molar-refractivity contribution in [2.75, 3.05) is 18.4 Å². The molecule has 0 atom stereocenters. The van der Waals surface area contributed by atoms with Crippen LogP contribution in [0, 0.1) is 0 Å². The summed E-state index contributed by atoms with van der Waals surface area (Å²) in [6.45, 7) is 3.47. The van der Waals surface area contributed by atoms with Gasteiger partial charge < -0.3 is 15.6 Å². The third kappa shape index (κ3) is 3.28. The van der Waals surface area contributed by atoms with Gasteiger partial charge in [0.25, 0.3) is 5.91 Å². The number of nitrogens with one attached hydrogen (secondary N) is 3. The lowest BCUT2D eigenvalue weighted by molar-refractivity contribution is -0.115. The van der Waals surface area contributed by atoms with Crippen molar-refractivity contribution in [3.8, 4) is 11.1 Å². The Balaban J connectivity index is 1.71. The minimum absolute atomic E-state index is 0.0940. The second-order valence-electron chi connectivity index (χ2n) is 7.45. The highest BCUT2D eigenvalue weighted by Crippen LogP contribution is 2.35. The van der Waals surface area contributed by atoms with Gasteiger partial charge in [-0.15, -0.1) is 0 Å². The molecular weight excluding hydrogens is 371 g/mol. The number of fused-ring (bicyclic) bond motifs is 2. The van der Waals surface area contributed by atoms with Gasteiger partial charge in [-0.25, -0.2) is 4.98 Å². The number of H-pyrrole nitrogens is 1. The van der Waals surface area contributed by atoms with Gasteiger partial charge in [-0.3, -0.25) is 4.79 Å². The van der Waals surface area contributed by atoms with Crippen LogP contribution in [-0.2, 0) is 5.41 Å². The first kappa shape index (κ1) is 18.3. The molecule has 0 unspecified atom stereocenters. The number of anilines is 1. The minimum atomic E-state index is -4.35. The fourth-order valence-electron chi connectivity index (χ4n) is 3.37. The number of nitrogens with zero attached hydrogens (tertiary/aromatic N) is 2. The first-order valence-electron chi connectivity index (χ1n) is 8.72. The molecule has 0 bridgehead atoms. The Hall–Kier alpha value is -3.10. The van der Waals surface area contributed by atoms with Gasteiger partial charge in [0.05, 0.1) is 0 Å². The number of benzene rings is 1. The van der Waals surface area contributed by atoms with Gasteiger partial charge in [0.1, 0.15) is 12.2 Å². The second kappa shape index (κ2) is 6.22. The van der Waals surface area contributed by atoms with E-state index in [4.69, 9.17) is 0 Å². The fraction of sp³-hybridized carbons (Fsp3) is 0.316. The molecule has 0 spiro atoms. The molecule has 9 heteroatoms. The zero-order valence-corrected chi connectivity index (χ0v) is 15.2. The Morgan fingerprint density at radius 1 is 1.25 bits per heavy atom. The molecule has 1 amide bonds. The maximum absolute atomic E-state index is 12.4. The van der Waals surface area contributed by atoms with E-state index in [0.717, 1.165) is 16.7 Å². The highest BCUT2D eigenvalue weighted by molar-refractivity contribution is 5.99. The van der Waals surface area contributed by atoms with E-state index in [1.165, 1.54) is 6.20 Å². The number of rotatable bonds is 3. The number of aromatic amines is 1. The van der Waals surface area contributed by atoms with Crippen LogP contribution in [0.1, 0.15) is 29.8 Å². The largest absolute Gasteiger partial charge is 0.405 e. The molecule has 3 N–H and O–H groups in total. The number of aromatic nitrogens is 3. The molecule has 146 valence electrons. The van der Waals surface area contributed by atoms with Crippen LogP contribution in [0.5, 0.6) is 0 Å². The fourth-order valence-corrected chi connectivity index (χ4v) is 3.37. The molecular formula is C19H18F3N5O. The zero-order chi connectivity index (χ0) is 20.1. The Morgan fingerprint density at radius 2 is 2.04 bits per heavy atom. The highest BCUT2D eigenvalue weighted by Gasteiger charge is 2.32. The molecule has 6 nitrogen and oxygen atoms in total. The summed E-state index contributed by atoms with van der Waals surface area (Å²) in [6, 6.07) is 5.62. The van der Waals surface area contributed by atoms with Gasteiger partial charge in [0.2, 0.25) is 5.95 Å². The molecule has 2 aromatic heterocycles. The Bertz CT molecular complexity index is 1070. The number of alkyl halides is 3. The van der Waals surface area contributed by atoms with Crippen molar-refractivity contribution in [3.05, 3.63) is 41.7 Å². The van der Waals surface area contributed by atoms with Gasteiger partial charge in [-0.2, -0.15) is 18.2 Å². The molecule has 1 aliphatic rings. The van der Waals surface area contributed by atoms with Crippen molar-refractivity contribution in [1.82, 2.24) is 20.3 Å². The predicted octanol–water partition coefficient (Wildman–Crippen LogP) is 3.62. The van der Waals surface area contributed by atoms with E-state index in [1.54, 1.807) is 12.3 Å². The maximum atomic E-state index is 12.4. The van der Waals surface area contributed by atoms with Crippen LogP contribution in [0.25, 0.3) is 22.2 Å². The van der Waals surface area contributed by atoms with Crippen LogP contribution in [0.4, 0.5) is 19.1 Å². The van der Waals surface area contributed by atoms with Crippen molar-refractivity contribution in [1.29, 1.82) is 0 Å². The van der Waals surface area contributed by atoms with Crippen molar-refractivity contribution in [2.45, 2.75) is 25.4 Å². The molecule has 0 radical (unpaired) electrons. The standard InChI is InChI=1S/C19H18F3N5O/c1-18(2)8-25-16(28)11-4-3-10(5-14(11)18)12-6-23-15-13(12)7-24-17(27-15)26-9-19(20,21)22/h3-7H,8-9H2,1-2H3,(H,25,28)(H2,23,24,26,27). The third-order valence-electron chi connectivity index (χ3n) is 4.87. The van der Waals surface area contributed by atoms with Crippen molar-refractivity contribution in [2.24, 2.45) is 0 Å². The summed E-state index contributed by atoms with van der Waals surface area (Å²) in [7, 11) is 0. The second-order valence-corrected chi connectivity index (χ2v) is 7.45. The van der Waals surface area contributed by atoms with E-state index >= 15 is 0 Å². The lowest BCUT2D eigenvalue weighted by atomic mass is 9.78. The van der Waals surface area contributed by atoms with Gasteiger partial charge in [-0.05, 0) is 23.3 Å². The molecule has 0 saturated carbocycles. The zero-order valence-electron chi connectivity index (χ0n) is 15.2. The van der Waals surface area contributed by atoms with Gasteiger partial charge in [0.15, 0.2) is 0 Å². The lowest BCUT2D eigenvalue weighted by Crippen LogP contribution is -2.43. The van der Waals surface area contributed by atoms with Crippen LogP contribution in [0.15, 0.2) is 30.6 Å². The summed E-state index contributed by atoms with van der Waals surface area (Å²) in [4.78, 5) is 23.2. The van der Waals surface area contributed by atoms with Crippen LogP contribution < -0.4 is 10.6 Å². The molecule has 4 rings (SSSR count). The monoisotopic (exact) mass is 389 g/mol. The van der Waals surface area contributed by atoms with E-state index in [2.05, 4.69) is 39.4 Å². The number of hydrogen-bond donors (Lipinski definition) is 3. The maximum Gasteiger partial charge on any atom is 0.405 e. The topological polar surface area (TPSA) is 82.7 Å². The summed E-state index contributed by atoms with van der Waals surface area (Å²) < 4.78 is 37.1. The van der Waals surface area contributed by atoms with Crippen LogP contribution in [-0.4, -0.2) is 40.1 Å². The van der Waals surface area contributed by atoms with E-state index in [1.807, 2.05) is 12.1 Å². The highest BCUT2D eigenvalue weighted by atomic mass is 19.4. The summed E-state index contributed by atoms with van der Waals surface area (Å²) >= 11 is 0. The van der Waals surface area contributed by atoms with Gasteiger partial charge in [0, 0.05) is 40.9 Å². The van der Waals surface area contributed by atoms with E-state index < -0.39 is 12.7 Å². The van der Waals surface area contributed by atoms with Crippen molar-refractivity contribution in [3.63, 3.8) is 0 Å². The Labute approximate surface area is 158 Å². The lowest BCUT2D eigenvalue weighted by Gasteiger charge is -2.32. The van der Waals surface area contributed by atoms with Crippen LogP contribution in [0.2, 0.25) is 0 Å². The summed E-state index contributed by atoms with van der Waals surface area (Å²) in [5, 5.41) is 5.75. The third-order valence-corrected chi connectivity index (χ3v) is 4.87. The van der Waals surface area contributed by atoms with Crippen molar-refractivity contribution >= 4 is 22.9 Å². The average Bonchev–Trinajstić information content (AvgIpc) is 3.06. The molecule has 28 heavy (non-hydrogen) atoms. The minimum Gasteiger partial charge on any atom is -0.351 e. The van der Waals surface area contributed by atoms with Gasteiger partial charge in [-0.1, -0.05) is 19.9 Å². The van der Waals surface area contributed by atoms with Crippen molar-refractivity contribution < 1.29 is 18.0 Å². The first-order chi connectivity index (χ1) is 13.1. The first-order valence-corrected chi connectivity index (χ1v) is 8.72. The average molecular weight is 389 g/mol. The van der Waals surface area contributed by atoms with E-state index in [-0.39, 0.29) is 17.3 Å². The van der Waals surface area contributed by atoms with Crippen LogP contribution in [0.3, 0.4) is 0 Å². The number of halogens is 3. The quantitative estimate of drug-likeness (QED) is 0.639. The number of carbonyl (C=O) groups excluding carboxylic acids is 1. The Kier molecular flexibility index (Phi) is 4.06. The number of amides is 1.